The number of nitrogens with one attached hydrogen (secondary N) is 2. The van der Waals surface area contributed by atoms with Crippen molar-refractivity contribution >= 4 is 17.2 Å². The Morgan fingerprint density at radius 2 is 2.12 bits per heavy atom. The summed E-state index contributed by atoms with van der Waals surface area (Å²) >= 11 is 0.903. The van der Waals surface area contributed by atoms with Crippen LogP contribution in [0.1, 0.15) is 36.2 Å². The second kappa shape index (κ2) is 4.56. The minimum absolute atomic E-state index is 0.192. The number of rotatable bonds is 2. The molecule has 1 heterocycles. The van der Waals surface area contributed by atoms with E-state index < -0.39 is 11.8 Å². The third-order valence-electron chi connectivity index (χ3n) is 2.82. The number of aromatic amines is 1. The normalized spacial score (nSPS) is 20.1. The number of halogens is 2. The summed E-state index contributed by atoms with van der Waals surface area (Å²) in [5, 5.41) is 4.08. The summed E-state index contributed by atoms with van der Waals surface area (Å²) in [6, 6.07) is -0.231. The predicted octanol–water partition coefficient (Wildman–Crippen LogP) is 1.74. The molecule has 1 aliphatic rings. The van der Waals surface area contributed by atoms with Crippen molar-refractivity contribution in [3.63, 3.8) is 0 Å². The number of thiazole rings is 1. The van der Waals surface area contributed by atoms with Gasteiger partial charge in [0.25, 0.3) is 5.91 Å². The van der Waals surface area contributed by atoms with Gasteiger partial charge in [0.1, 0.15) is 5.69 Å². The molecular formula is C10H12F2N2O2S. The van der Waals surface area contributed by atoms with Gasteiger partial charge in [-0.2, -0.15) is 0 Å². The second-order valence-corrected chi connectivity index (χ2v) is 5.01. The summed E-state index contributed by atoms with van der Waals surface area (Å²) in [5.41, 5.74) is 0.192. The quantitative estimate of drug-likeness (QED) is 0.852. The van der Waals surface area contributed by atoms with Gasteiger partial charge in [-0.15, -0.1) is 0 Å². The van der Waals surface area contributed by atoms with E-state index in [9.17, 15) is 18.4 Å². The van der Waals surface area contributed by atoms with Crippen molar-refractivity contribution in [1.82, 2.24) is 10.3 Å². The molecule has 17 heavy (non-hydrogen) atoms. The maximum atomic E-state index is 12.9. The largest absolute Gasteiger partial charge is 0.348 e. The minimum Gasteiger partial charge on any atom is -0.348 e. The van der Waals surface area contributed by atoms with E-state index in [1.807, 2.05) is 0 Å². The van der Waals surface area contributed by atoms with Crippen LogP contribution in [0.4, 0.5) is 8.78 Å². The molecule has 1 aromatic heterocycles. The summed E-state index contributed by atoms with van der Waals surface area (Å²) in [6.45, 7) is 0. The van der Waals surface area contributed by atoms with Crippen molar-refractivity contribution in [2.75, 3.05) is 0 Å². The zero-order chi connectivity index (χ0) is 12.5. The van der Waals surface area contributed by atoms with Crippen molar-refractivity contribution in [1.29, 1.82) is 0 Å². The third-order valence-corrected chi connectivity index (χ3v) is 3.49. The van der Waals surface area contributed by atoms with E-state index in [1.165, 1.54) is 5.38 Å². The van der Waals surface area contributed by atoms with E-state index >= 15 is 0 Å². The second-order valence-electron chi connectivity index (χ2n) is 4.17. The first-order chi connectivity index (χ1) is 7.96. The first-order valence-electron chi connectivity index (χ1n) is 5.33. The summed E-state index contributed by atoms with van der Waals surface area (Å²) in [4.78, 5) is 24.6. The first kappa shape index (κ1) is 12.2. The molecule has 0 bridgehead atoms. The molecule has 1 amide bonds. The van der Waals surface area contributed by atoms with Gasteiger partial charge in [0.15, 0.2) is 0 Å². The monoisotopic (exact) mass is 262 g/mol. The molecule has 1 aliphatic carbocycles. The van der Waals surface area contributed by atoms with Crippen LogP contribution in [0.25, 0.3) is 0 Å². The predicted molar refractivity (Wildman–Crippen MR) is 59.6 cm³/mol. The maximum Gasteiger partial charge on any atom is 0.305 e. The van der Waals surface area contributed by atoms with Gasteiger partial charge in [-0.05, 0) is 12.8 Å². The Bertz CT molecular complexity index is 459. The topological polar surface area (TPSA) is 62.0 Å². The number of alkyl halides is 2. The summed E-state index contributed by atoms with van der Waals surface area (Å²) < 4.78 is 25.8. The molecule has 94 valence electrons. The smallest absolute Gasteiger partial charge is 0.305 e. The van der Waals surface area contributed by atoms with Crippen LogP contribution in [0.3, 0.4) is 0 Å². The van der Waals surface area contributed by atoms with Gasteiger partial charge in [-0.25, -0.2) is 8.78 Å². The number of hydrogen-bond acceptors (Lipinski definition) is 3. The molecular weight excluding hydrogens is 250 g/mol. The average molecular weight is 262 g/mol. The lowest BCUT2D eigenvalue weighted by Crippen LogP contribution is -2.40. The van der Waals surface area contributed by atoms with Gasteiger partial charge in [-0.1, -0.05) is 11.3 Å². The molecule has 0 atom stereocenters. The number of carbonyl (C=O) groups excluding carboxylic acids is 1. The standard InChI is InChI=1S/C10H12F2N2O2S/c11-10(12)3-1-6(2-4-10)13-8(15)7-5-17-9(16)14-7/h5-6H,1-4H2,(H,13,15)(H,14,16). The molecule has 0 unspecified atom stereocenters. The zero-order valence-electron chi connectivity index (χ0n) is 8.96. The highest BCUT2D eigenvalue weighted by Gasteiger charge is 2.35. The van der Waals surface area contributed by atoms with Crippen molar-refractivity contribution in [3.8, 4) is 0 Å². The number of carbonyl (C=O) groups is 1. The van der Waals surface area contributed by atoms with Crippen LogP contribution in [0.2, 0.25) is 0 Å². The van der Waals surface area contributed by atoms with Crippen LogP contribution < -0.4 is 10.2 Å². The fourth-order valence-corrected chi connectivity index (χ4v) is 2.40. The Balaban J connectivity index is 1.90. The fraction of sp³-hybridized carbons (Fsp3) is 0.600. The molecule has 2 rings (SSSR count). The van der Waals surface area contributed by atoms with Crippen LogP contribution in [-0.2, 0) is 0 Å². The first-order valence-corrected chi connectivity index (χ1v) is 6.21. The number of amides is 1. The van der Waals surface area contributed by atoms with E-state index in [0.29, 0.717) is 0 Å². The van der Waals surface area contributed by atoms with Crippen molar-refractivity contribution in [2.24, 2.45) is 0 Å². The molecule has 0 aromatic carbocycles. The van der Waals surface area contributed by atoms with Crippen LogP contribution in [0.5, 0.6) is 0 Å². The highest BCUT2D eigenvalue weighted by Crippen LogP contribution is 2.32. The van der Waals surface area contributed by atoms with Gasteiger partial charge in [0.2, 0.25) is 5.92 Å². The molecule has 4 nitrogen and oxygen atoms in total. The number of hydrogen-bond donors (Lipinski definition) is 2. The highest BCUT2D eigenvalue weighted by atomic mass is 32.1. The van der Waals surface area contributed by atoms with E-state index in [-0.39, 0.29) is 42.3 Å². The third kappa shape index (κ3) is 3.12. The highest BCUT2D eigenvalue weighted by molar-refractivity contribution is 7.07. The van der Waals surface area contributed by atoms with Crippen molar-refractivity contribution in [3.05, 3.63) is 20.7 Å². The molecule has 1 aromatic rings. The number of aromatic nitrogens is 1. The van der Waals surface area contributed by atoms with E-state index in [4.69, 9.17) is 0 Å². The SMILES string of the molecule is O=C(NC1CCC(F)(F)CC1)c1csc(=O)[nH]1. The Kier molecular flexibility index (Phi) is 3.28. The van der Waals surface area contributed by atoms with Gasteiger partial charge in [0, 0.05) is 24.3 Å². The van der Waals surface area contributed by atoms with Crippen LogP contribution in [0, 0.1) is 0 Å². The average Bonchev–Trinajstić information content (AvgIpc) is 2.68. The Morgan fingerprint density at radius 3 is 2.65 bits per heavy atom. The molecule has 0 spiro atoms. The molecule has 0 aliphatic heterocycles. The summed E-state index contributed by atoms with van der Waals surface area (Å²) in [5.74, 6) is -3.00. The number of H-pyrrole nitrogens is 1. The fourth-order valence-electron chi connectivity index (χ4n) is 1.84. The van der Waals surface area contributed by atoms with E-state index in [1.54, 1.807) is 0 Å². The lowest BCUT2D eigenvalue weighted by molar-refractivity contribution is -0.0399. The summed E-state index contributed by atoms with van der Waals surface area (Å²) in [6.07, 6.45) is 0.149. The minimum atomic E-state index is -2.60. The van der Waals surface area contributed by atoms with Crippen LogP contribution in [0.15, 0.2) is 10.2 Å². The van der Waals surface area contributed by atoms with Crippen molar-refractivity contribution < 1.29 is 13.6 Å². The lowest BCUT2D eigenvalue weighted by atomic mass is 9.92. The van der Waals surface area contributed by atoms with Crippen LogP contribution >= 0.6 is 11.3 Å². The lowest BCUT2D eigenvalue weighted by Gasteiger charge is -2.28. The van der Waals surface area contributed by atoms with Crippen molar-refractivity contribution in [2.45, 2.75) is 37.6 Å². The van der Waals surface area contributed by atoms with Gasteiger partial charge in [-0.3, -0.25) is 9.59 Å². The van der Waals surface area contributed by atoms with E-state index in [2.05, 4.69) is 10.3 Å². The molecule has 0 saturated heterocycles. The molecule has 1 saturated carbocycles. The Hall–Kier alpha value is -1.24. The molecule has 7 heteroatoms. The Morgan fingerprint density at radius 1 is 1.47 bits per heavy atom. The van der Waals surface area contributed by atoms with Crippen LogP contribution in [-0.4, -0.2) is 22.9 Å². The maximum absolute atomic E-state index is 12.9. The Labute approximate surface area is 100 Å². The summed E-state index contributed by atoms with van der Waals surface area (Å²) in [7, 11) is 0. The van der Waals surface area contributed by atoms with Gasteiger partial charge >= 0.3 is 4.87 Å². The van der Waals surface area contributed by atoms with Gasteiger partial charge < -0.3 is 10.3 Å². The molecule has 0 radical (unpaired) electrons. The molecule has 2 N–H and O–H groups in total. The zero-order valence-corrected chi connectivity index (χ0v) is 9.78. The molecule has 1 fully saturated rings. The van der Waals surface area contributed by atoms with E-state index in [0.717, 1.165) is 11.3 Å². The van der Waals surface area contributed by atoms with Gasteiger partial charge in [0.05, 0.1) is 0 Å².